The third-order valence-corrected chi connectivity index (χ3v) is 10.3. The second kappa shape index (κ2) is 11.3. The van der Waals surface area contributed by atoms with E-state index in [2.05, 4.69) is 107 Å². The van der Waals surface area contributed by atoms with Crippen LogP contribution in [0.4, 0.5) is 0 Å². The predicted octanol–water partition coefficient (Wildman–Crippen LogP) is 12.1. The van der Waals surface area contributed by atoms with Gasteiger partial charge < -0.3 is 14.0 Å². The Kier molecular flexibility index (Phi) is 6.22. The summed E-state index contributed by atoms with van der Waals surface area (Å²) in [4.78, 5) is 9.36. The topological polar surface area (TPSA) is 73.0 Å². The Hall–Kier alpha value is -7.49. The van der Waals surface area contributed by atoms with Crippen molar-refractivity contribution in [3.05, 3.63) is 163 Å². The molecule has 0 saturated carbocycles. The first-order valence-corrected chi connectivity index (χ1v) is 17.5. The molecule has 0 fully saturated rings. The molecule has 1 aliphatic heterocycles. The predicted molar refractivity (Wildman–Crippen MR) is 211 cm³/mol. The first-order valence-electron chi connectivity index (χ1n) is 17.5. The average Bonchev–Trinajstić information content (AvgIpc) is 3.54. The van der Waals surface area contributed by atoms with Crippen molar-refractivity contribution in [3.63, 3.8) is 0 Å². The Morgan fingerprint density at radius 1 is 0.453 bits per heavy atom. The summed E-state index contributed by atoms with van der Waals surface area (Å²) < 4.78 is 14.8. The van der Waals surface area contributed by atoms with E-state index in [-0.39, 0.29) is 0 Å². The summed E-state index contributed by atoms with van der Waals surface area (Å²) in [6, 6.07) is 56.4. The highest BCUT2D eigenvalue weighted by atomic mass is 16.6. The monoisotopic (exact) mass is 678 g/mol. The minimum atomic E-state index is 0.353. The zero-order valence-electron chi connectivity index (χ0n) is 28.1. The molecule has 0 amide bonds. The highest BCUT2D eigenvalue weighted by Crippen LogP contribution is 2.49. The molecule has 6 heteroatoms. The summed E-state index contributed by atoms with van der Waals surface area (Å²) in [6.45, 7) is 0. The number of fused-ring (bicyclic) bond motifs is 8. The Labute approximate surface area is 303 Å². The number of nitriles is 1. The molecule has 0 unspecified atom stereocenters. The van der Waals surface area contributed by atoms with E-state index in [4.69, 9.17) is 14.5 Å². The van der Waals surface area contributed by atoms with Crippen LogP contribution in [-0.2, 0) is 0 Å². The van der Waals surface area contributed by atoms with Gasteiger partial charge in [0.2, 0.25) is 0 Å². The van der Waals surface area contributed by atoms with Crippen LogP contribution >= 0.6 is 0 Å². The van der Waals surface area contributed by atoms with Crippen molar-refractivity contribution >= 4 is 54.4 Å². The molecule has 6 nitrogen and oxygen atoms in total. The molecule has 3 heterocycles. The number of benzene rings is 8. The molecule has 10 aromatic rings. The largest absolute Gasteiger partial charge is 0.431 e. The minimum absolute atomic E-state index is 0.353. The smallest absolute Gasteiger partial charge is 0.284 e. The van der Waals surface area contributed by atoms with E-state index in [1.54, 1.807) is 0 Å². The molecule has 0 radical (unpaired) electrons. The maximum absolute atomic E-state index is 9.79. The van der Waals surface area contributed by atoms with Crippen LogP contribution in [0.5, 0.6) is 23.3 Å². The third-order valence-electron chi connectivity index (χ3n) is 10.3. The van der Waals surface area contributed by atoms with Crippen molar-refractivity contribution in [1.29, 1.82) is 5.26 Å². The highest BCUT2D eigenvalue weighted by Gasteiger charge is 2.25. The Morgan fingerprint density at radius 2 is 1.02 bits per heavy atom. The van der Waals surface area contributed by atoms with Gasteiger partial charge in [-0.15, -0.1) is 0 Å². The summed E-state index contributed by atoms with van der Waals surface area (Å²) in [7, 11) is 0. The van der Waals surface area contributed by atoms with Crippen LogP contribution in [0.15, 0.2) is 158 Å². The summed E-state index contributed by atoms with van der Waals surface area (Å²) in [5.41, 5.74) is 9.71. The normalized spacial score (nSPS) is 12.1. The summed E-state index contributed by atoms with van der Waals surface area (Å²) in [5, 5.41) is 16.6. The maximum Gasteiger partial charge on any atom is 0.284 e. The van der Waals surface area contributed by atoms with Gasteiger partial charge in [0.15, 0.2) is 11.5 Å². The summed E-state index contributed by atoms with van der Waals surface area (Å²) in [6.07, 6.45) is 0. The first kappa shape index (κ1) is 29.3. The molecule has 2 aromatic heterocycles. The van der Waals surface area contributed by atoms with Crippen LogP contribution in [0.3, 0.4) is 0 Å². The number of hydrogen-bond donors (Lipinski definition) is 0. The fourth-order valence-corrected chi connectivity index (χ4v) is 7.99. The van der Waals surface area contributed by atoms with Gasteiger partial charge in [-0.05, 0) is 104 Å². The number of para-hydroxylation sites is 3. The van der Waals surface area contributed by atoms with Gasteiger partial charge in [0, 0.05) is 16.5 Å². The average molecular weight is 679 g/mol. The van der Waals surface area contributed by atoms with Gasteiger partial charge in [0.25, 0.3) is 11.8 Å². The molecule has 0 spiro atoms. The second-order valence-corrected chi connectivity index (χ2v) is 13.3. The van der Waals surface area contributed by atoms with Gasteiger partial charge in [-0.3, -0.25) is 0 Å². The van der Waals surface area contributed by atoms with Crippen LogP contribution in [0.1, 0.15) is 5.56 Å². The minimum Gasteiger partial charge on any atom is -0.431 e. The van der Waals surface area contributed by atoms with E-state index < -0.39 is 0 Å². The van der Waals surface area contributed by atoms with Gasteiger partial charge in [0.1, 0.15) is 0 Å². The number of hydrogen-bond acceptors (Lipinski definition) is 5. The van der Waals surface area contributed by atoms with E-state index in [1.165, 1.54) is 5.56 Å². The molecule has 0 bridgehead atoms. The molecule has 8 aromatic carbocycles. The lowest BCUT2D eigenvalue weighted by atomic mass is 9.85. The summed E-state index contributed by atoms with van der Waals surface area (Å²) >= 11 is 0. The van der Waals surface area contributed by atoms with Gasteiger partial charge in [0.05, 0.1) is 33.7 Å². The van der Waals surface area contributed by atoms with Crippen LogP contribution in [0, 0.1) is 11.3 Å². The van der Waals surface area contributed by atoms with Crippen molar-refractivity contribution in [2.75, 3.05) is 0 Å². The summed E-state index contributed by atoms with van der Waals surface area (Å²) in [5.74, 6) is 1.90. The Morgan fingerprint density at radius 3 is 1.66 bits per heavy atom. The van der Waals surface area contributed by atoms with Gasteiger partial charge in [-0.25, -0.2) is 9.97 Å². The standard InChI is InChI=1S/C47H26N4O2/c48-27-28-18-21-32-37-25-29(19-22-40(37)51(41(32)24-28)31-10-2-1-3-11-31)44-33-12-4-6-14-35(33)45(36-15-7-5-13-34(36)44)30-20-23-42-43(26-30)53-47-46(52-42)49-38-16-8-9-17-39(38)50-47/h1-26H. The fraction of sp³-hybridized carbons (Fsp3) is 0. The molecule has 53 heavy (non-hydrogen) atoms. The lowest BCUT2D eigenvalue weighted by Gasteiger charge is -2.21. The van der Waals surface area contributed by atoms with E-state index in [0.29, 0.717) is 28.8 Å². The van der Waals surface area contributed by atoms with Crippen molar-refractivity contribution in [1.82, 2.24) is 14.5 Å². The van der Waals surface area contributed by atoms with Crippen LogP contribution in [0.25, 0.3) is 82.3 Å². The van der Waals surface area contributed by atoms with E-state index in [9.17, 15) is 5.26 Å². The lowest BCUT2D eigenvalue weighted by molar-refractivity contribution is 0.339. The van der Waals surface area contributed by atoms with Gasteiger partial charge >= 0.3 is 0 Å². The number of rotatable bonds is 3. The molecule has 0 aliphatic carbocycles. The Balaban J connectivity index is 1.12. The van der Waals surface area contributed by atoms with Crippen LogP contribution < -0.4 is 9.47 Å². The number of aromatic nitrogens is 3. The van der Waals surface area contributed by atoms with E-state index in [1.807, 2.05) is 66.7 Å². The Bertz CT molecular complexity index is 3140. The van der Waals surface area contributed by atoms with E-state index >= 15 is 0 Å². The molecule has 0 atom stereocenters. The fourth-order valence-electron chi connectivity index (χ4n) is 7.99. The molecule has 0 saturated heterocycles. The molecule has 11 rings (SSSR count). The van der Waals surface area contributed by atoms with Crippen LogP contribution in [-0.4, -0.2) is 14.5 Å². The number of nitrogens with zero attached hydrogens (tertiary/aromatic N) is 4. The number of ether oxygens (including phenoxy) is 2. The zero-order chi connectivity index (χ0) is 35.0. The van der Waals surface area contributed by atoms with Crippen molar-refractivity contribution in [2.24, 2.45) is 0 Å². The first-order chi connectivity index (χ1) is 26.2. The third kappa shape index (κ3) is 4.45. The molecule has 246 valence electrons. The maximum atomic E-state index is 9.79. The van der Waals surface area contributed by atoms with E-state index in [0.717, 1.165) is 76.8 Å². The SMILES string of the molecule is N#Cc1ccc2c3cc(-c4c5ccccc5c(-c5ccc6c(c5)Oc5nc7ccccc7nc5O6)c5ccccc45)ccc3n(-c3ccccc3)c2c1. The quantitative estimate of drug-likeness (QED) is 0.174. The van der Waals surface area contributed by atoms with Crippen LogP contribution in [0.2, 0.25) is 0 Å². The molecular weight excluding hydrogens is 653 g/mol. The van der Waals surface area contributed by atoms with Crippen molar-refractivity contribution in [2.45, 2.75) is 0 Å². The second-order valence-electron chi connectivity index (χ2n) is 13.3. The van der Waals surface area contributed by atoms with Crippen molar-refractivity contribution < 1.29 is 9.47 Å². The molecule has 0 N–H and O–H groups in total. The zero-order valence-corrected chi connectivity index (χ0v) is 28.1. The van der Waals surface area contributed by atoms with Crippen molar-refractivity contribution in [3.8, 4) is 57.3 Å². The lowest BCUT2D eigenvalue weighted by Crippen LogP contribution is -2.03. The highest BCUT2D eigenvalue weighted by molar-refractivity contribution is 6.22. The molecule has 1 aliphatic rings. The van der Waals surface area contributed by atoms with Gasteiger partial charge in [-0.1, -0.05) is 97.1 Å². The van der Waals surface area contributed by atoms with Gasteiger partial charge in [-0.2, -0.15) is 5.26 Å². The molecular formula is C47H26N4O2.